The number of benzene rings is 1. The van der Waals surface area contributed by atoms with E-state index in [1.165, 1.54) is 11.3 Å². The summed E-state index contributed by atoms with van der Waals surface area (Å²) in [7, 11) is 1.57. The van der Waals surface area contributed by atoms with Crippen molar-refractivity contribution >= 4 is 39.9 Å². The number of halogens is 1. The van der Waals surface area contributed by atoms with Gasteiger partial charge in [0.1, 0.15) is 11.6 Å². The summed E-state index contributed by atoms with van der Waals surface area (Å²) in [6.45, 7) is 1.21. The summed E-state index contributed by atoms with van der Waals surface area (Å²) in [5.41, 5.74) is 0.979. The molecule has 1 N–H and O–H groups in total. The van der Waals surface area contributed by atoms with Crippen molar-refractivity contribution in [3.8, 4) is 0 Å². The van der Waals surface area contributed by atoms with Crippen LogP contribution in [-0.4, -0.2) is 40.6 Å². The van der Waals surface area contributed by atoms with E-state index in [9.17, 15) is 9.59 Å². The lowest BCUT2D eigenvalue weighted by Crippen LogP contribution is -2.28. The van der Waals surface area contributed by atoms with Crippen LogP contribution in [0.25, 0.3) is 0 Å². The molecule has 3 rings (SSSR count). The first kappa shape index (κ1) is 17.8. The Bertz CT molecular complexity index is 765. The number of hydrogen-bond acceptors (Lipinski definition) is 6. The number of anilines is 1. The van der Waals surface area contributed by atoms with Crippen LogP contribution in [0.5, 0.6) is 0 Å². The second-order valence-corrected chi connectivity index (χ2v) is 7.22. The van der Waals surface area contributed by atoms with Crippen LogP contribution in [0.15, 0.2) is 24.3 Å². The van der Waals surface area contributed by atoms with Crippen molar-refractivity contribution < 1.29 is 14.3 Å². The third-order valence-corrected chi connectivity index (χ3v) is 4.90. The van der Waals surface area contributed by atoms with Crippen LogP contribution in [-0.2, 0) is 27.5 Å². The van der Waals surface area contributed by atoms with Gasteiger partial charge in [-0.15, -0.1) is 10.2 Å². The van der Waals surface area contributed by atoms with Gasteiger partial charge in [0.25, 0.3) is 0 Å². The van der Waals surface area contributed by atoms with Gasteiger partial charge in [-0.2, -0.15) is 0 Å². The molecule has 0 bridgehead atoms. The van der Waals surface area contributed by atoms with Crippen LogP contribution in [0.1, 0.15) is 17.0 Å². The van der Waals surface area contributed by atoms with Gasteiger partial charge in [-0.05, 0) is 17.7 Å². The molecular formula is C16H17ClN4O3S. The molecule has 132 valence electrons. The third-order valence-electron chi connectivity index (χ3n) is 3.84. The number of hydrogen-bond donors (Lipinski definition) is 1. The lowest BCUT2D eigenvalue weighted by atomic mass is 10.1. The number of amides is 2. The number of nitrogens with one attached hydrogen (secondary N) is 1. The second kappa shape index (κ2) is 7.90. The maximum atomic E-state index is 12.4. The normalized spacial score (nSPS) is 17.1. The molecule has 2 heterocycles. The Morgan fingerprint density at radius 2 is 2.16 bits per heavy atom. The molecule has 0 radical (unpaired) electrons. The Kier molecular flexibility index (Phi) is 5.62. The van der Waals surface area contributed by atoms with Gasteiger partial charge in [-0.1, -0.05) is 35.1 Å². The first-order valence-electron chi connectivity index (χ1n) is 7.69. The smallest absolute Gasteiger partial charge is 0.231 e. The van der Waals surface area contributed by atoms with Crippen LogP contribution < -0.4 is 5.32 Å². The average molecular weight is 381 g/mol. The number of nitrogens with zero attached hydrogens (tertiary/aromatic N) is 3. The molecule has 0 saturated carbocycles. The number of likely N-dealkylation sites (tertiary alicyclic amines) is 1. The van der Waals surface area contributed by atoms with Gasteiger partial charge < -0.3 is 15.0 Å². The van der Waals surface area contributed by atoms with Crippen molar-refractivity contribution in [3.05, 3.63) is 39.9 Å². The molecular weight excluding hydrogens is 364 g/mol. The summed E-state index contributed by atoms with van der Waals surface area (Å²) < 4.78 is 4.97. The van der Waals surface area contributed by atoms with Gasteiger partial charge in [-0.25, -0.2) is 0 Å². The predicted octanol–water partition coefficient (Wildman–Crippen LogP) is 2.33. The van der Waals surface area contributed by atoms with Gasteiger partial charge in [-0.3, -0.25) is 9.59 Å². The number of methoxy groups -OCH3 is 1. The zero-order valence-corrected chi connectivity index (χ0v) is 15.1. The number of carbonyl (C=O) groups excluding carboxylic acids is 2. The van der Waals surface area contributed by atoms with Gasteiger partial charge >= 0.3 is 0 Å². The van der Waals surface area contributed by atoms with Crippen molar-refractivity contribution in [2.24, 2.45) is 5.92 Å². The lowest BCUT2D eigenvalue weighted by Gasteiger charge is -2.16. The first-order chi connectivity index (χ1) is 12.0. The van der Waals surface area contributed by atoms with E-state index in [4.69, 9.17) is 16.3 Å². The number of carbonyl (C=O) groups is 2. The Morgan fingerprint density at radius 3 is 2.88 bits per heavy atom. The minimum absolute atomic E-state index is 0.0348. The molecule has 2 amide bonds. The largest absolute Gasteiger partial charge is 0.377 e. The van der Waals surface area contributed by atoms with E-state index in [-0.39, 0.29) is 18.2 Å². The van der Waals surface area contributed by atoms with Crippen molar-refractivity contribution in [3.63, 3.8) is 0 Å². The van der Waals surface area contributed by atoms with Crippen LogP contribution >= 0.6 is 22.9 Å². The minimum Gasteiger partial charge on any atom is -0.377 e. The standard InChI is InChI=1S/C16H17ClN4O3S/c1-24-9-13-19-20-16(25-13)18-15(23)11-6-14(22)21(8-11)7-10-2-4-12(17)5-3-10/h2-5,11H,6-9H2,1H3,(H,18,20,23). The SMILES string of the molecule is COCc1nnc(NC(=O)C2CC(=O)N(Cc3ccc(Cl)cc3)C2)s1. The fourth-order valence-corrected chi connectivity index (χ4v) is 3.45. The summed E-state index contributed by atoms with van der Waals surface area (Å²) >= 11 is 7.13. The van der Waals surface area contributed by atoms with Gasteiger partial charge in [0, 0.05) is 31.6 Å². The lowest BCUT2D eigenvalue weighted by molar-refractivity contribution is -0.128. The van der Waals surface area contributed by atoms with Gasteiger partial charge in [0.2, 0.25) is 16.9 Å². The summed E-state index contributed by atoms with van der Waals surface area (Å²) in [6.07, 6.45) is 0.198. The summed E-state index contributed by atoms with van der Waals surface area (Å²) in [6, 6.07) is 7.33. The molecule has 25 heavy (non-hydrogen) atoms. The zero-order chi connectivity index (χ0) is 17.8. The fraction of sp³-hybridized carbons (Fsp3) is 0.375. The molecule has 0 spiro atoms. The highest BCUT2D eigenvalue weighted by Crippen LogP contribution is 2.23. The van der Waals surface area contributed by atoms with Crippen molar-refractivity contribution in [2.75, 3.05) is 19.0 Å². The molecule has 1 aliphatic rings. The molecule has 1 fully saturated rings. The highest BCUT2D eigenvalue weighted by molar-refractivity contribution is 7.15. The molecule has 7 nitrogen and oxygen atoms in total. The Balaban J connectivity index is 1.57. The van der Waals surface area contributed by atoms with E-state index in [1.54, 1.807) is 24.1 Å². The molecule has 1 unspecified atom stereocenters. The predicted molar refractivity (Wildman–Crippen MR) is 94.2 cm³/mol. The van der Waals surface area contributed by atoms with Crippen molar-refractivity contribution in [1.82, 2.24) is 15.1 Å². The van der Waals surface area contributed by atoms with Crippen LogP contribution in [0.4, 0.5) is 5.13 Å². The zero-order valence-electron chi connectivity index (χ0n) is 13.6. The highest BCUT2D eigenvalue weighted by atomic mass is 35.5. The number of aromatic nitrogens is 2. The fourth-order valence-electron chi connectivity index (χ4n) is 2.60. The van der Waals surface area contributed by atoms with E-state index in [2.05, 4.69) is 15.5 Å². The molecule has 1 aliphatic heterocycles. The quantitative estimate of drug-likeness (QED) is 0.831. The van der Waals surface area contributed by atoms with E-state index in [0.717, 1.165) is 5.56 Å². The summed E-state index contributed by atoms with van der Waals surface area (Å²) in [4.78, 5) is 26.2. The topological polar surface area (TPSA) is 84.4 Å². The Hall–Kier alpha value is -2.03. The van der Waals surface area contributed by atoms with Crippen LogP contribution in [0, 0.1) is 5.92 Å². The molecule has 9 heteroatoms. The number of rotatable bonds is 6. The average Bonchev–Trinajstić information content (AvgIpc) is 3.17. The van der Waals surface area contributed by atoms with Crippen LogP contribution in [0.3, 0.4) is 0 Å². The molecule has 1 aromatic heterocycles. The summed E-state index contributed by atoms with van der Waals surface area (Å²) in [5, 5.41) is 12.3. The van der Waals surface area contributed by atoms with Gasteiger partial charge in [0.05, 0.1) is 5.92 Å². The molecule has 1 aromatic carbocycles. The van der Waals surface area contributed by atoms with E-state index >= 15 is 0 Å². The molecule has 2 aromatic rings. The van der Waals surface area contributed by atoms with E-state index in [1.807, 2.05) is 12.1 Å². The third kappa shape index (κ3) is 4.53. The maximum absolute atomic E-state index is 12.4. The highest BCUT2D eigenvalue weighted by Gasteiger charge is 2.34. The first-order valence-corrected chi connectivity index (χ1v) is 8.89. The number of ether oxygens (including phenoxy) is 1. The Labute approximate surface area is 153 Å². The maximum Gasteiger partial charge on any atom is 0.231 e. The minimum atomic E-state index is -0.394. The van der Waals surface area contributed by atoms with Crippen LogP contribution in [0.2, 0.25) is 5.02 Å². The summed E-state index contributed by atoms with van der Waals surface area (Å²) in [5.74, 6) is -0.644. The monoisotopic (exact) mass is 380 g/mol. The second-order valence-electron chi connectivity index (χ2n) is 5.72. The molecule has 1 atom stereocenters. The van der Waals surface area contributed by atoms with Crippen molar-refractivity contribution in [2.45, 2.75) is 19.6 Å². The molecule has 1 saturated heterocycles. The van der Waals surface area contributed by atoms with E-state index in [0.29, 0.717) is 34.9 Å². The Morgan fingerprint density at radius 1 is 1.40 bits per heavy atom. The van der Waals surface area contributed by atoms with E-state index < -0.39 is 5.92 Å². The molecule has 0 aliphatic carbocycles. The van der Waals surface area contributed by atoms with Crippen molar-refractivity contribution in [1.29, 1.82) is 0 Å². The van der Waals surface area contributed by atoms with Gasteiger partial charge in [0.15, 0.2) is 0 Å².